The first kappa shape index (κ1) is 24.3. The Morgan fingerprint density at radius 1 is 1.06 bits per heavy atom. The van der Waals surface area contributed by atoms with Gasteiger partial charge in [-0.2, -0.15) is 0 Å². The van der Waals surface area contributed by atoms with Crippen LogP contribution in [0, 0.1) is 17.2 Å². The van der Waals surface area contributed by atoms with Crippen LogP contribution < -0.4 is 5.32 Å². The topological polar surface area (TPSA) is 92.1 Å². The van der Waals surface area contributed by atoms with E-state index >= 15 is 0 Å². The van der Waals surface area contributed by atoms with Crippen molar-refractivity contribution in [2.24, 2.45) is 11.8 Å². The van der Waals surface area contributed by atoms with Crippen LogP contribution in [0.3, 0.4) is 0 Å². The molecule has 1 unspecified atom stereocenters. The third-order valence-corrected chi connectivity index (χ3v) is 5.89. The average Bonchev–Trinajstić information content (AvgIpc) is 3.27. The highest BCUT2D eigenvalue weighted by Crippen LogP contribution is 2.26. The first-order valence-electron chi connectivity index (χ1n) is 11.0. The maximum Gasteiger partial charge on any atom is 0.353 e. The largest absolute Gasteiger partial charge is 0.456 e. The molecule has 1 atom stereocenters. The van der Waals surface area contributed by atoms with Crippen molar-refractivity contribution >= 4 is 34.1 Å². The number of anilines is 1. The number of carbonyl (C=O) groups excluding carboxylic acids is 2. The molecule has 3 aromatic rings. The average molecular weight is 464 g/mol. The van der Waals surface area contributed by atoms with E-state index in [1.807, 2.05) is 47.8 Å². The molecule has 0 aliphatic rings. The van der Waals surface area contributed by atoms with Gasteiger partial charge in [0.15, 0.2) is 5.13 Å². The molecule has 7 heteroatoms. The molecule has 0 aliphatic heterocycles. The van der Waals surface area contributed by atoms with E-state index in [4.69, 9.17) is 10.1 Å². The molecule has 0 bridgehead atoms. The number of amides is 1. The van der Waals surface area contributed by atoms with Crippen molar-refractivity contribution < 1.29 is 14.3 Å². The van der Waals surface area contributed by atoms with Gasteiger partial charge >= 0.3 is 5.97 Å². The van der Waals surface area contributed by atoms with E-state index in [0.29, 0.717) is 17.5 Å². The molecule has 0 spiro atoms. The zero-order valence-corrected chi connectivity index (χ0v) is 19.9. The van der Waals surface area contributed by atoms with Crippen LogP contribution >= 0.6 is 11.3 Å². The number of ether oxygens (including phenoxy) is 1. The molecular formula is C26H29N3O3S. The van der Waals surface area contributed by atoms with Gasteiger partial charge in [0, 0.05) is 10.9 Å². The van der Waals surface area contributed by atoms with Crippen LogP contribution in [0.2, 0.25) is 0 Å². The van der Waals surface area contributed by atoms with Crippen molar-refractivity contribution in [2.45, 2.75) is 40.2 Å². The fourth-order valence-electron chi connectivity index (χ4n) is 3.40. The summed E-state index contributed by atoms with van der Waals surface area (Å²) in [6.45, 7) is 6.20. The standard InChI is InChI=1S/C26H29N3O3S/c1-4-21(23(27)25(31)32-15-19-8-6-5-7-9-19)24(30)29-26-28-22(16-33-26)20-12-10-18(11-13-20)14-17(2)3/h5-13,16-17,21,27H,4,14-15H2,1-3H3,(H,28,29,30). The number of hydrogen-bond acceptors (Lipinski definition) is 6. The molecule has 33 heavy (non-hydrogen) atoms. The minimum Gasteiger partial charge on any atom is -0.456 e. The predicted molar refractivity (Wildman–Crippen MR) is 132 cm³/mol. The van der Waals surface area contributed by atoms with Crippen LogP contribution in [-0.4, -0.2) is 22.6 Å². The normalized spacial score (nSPS) is 11.8. The van der Waals surface area contributed by atoms with Gasteiger partial charge in [0.25, 0.3) is 0 Å². The summed E-state index contributed by atoms with van der Waals surface area (Å²) in [6, 6.07) is 17.5. The zero-order valence-electron chi connectivity index (χ0n) is 19.1. The highest BCUT2D eigenvalue weighted by Gasteiger charge is 2.28. The maximum atomic E-state index is 12.8. The Morgan fingerprint density at radius 2 is 1.76 bits per heavy atom. The van der Waals surface area contributed by atoms with Crippen molar-refractivity contribution in [1.29, 1.82) is 5.41 Å². The van der Waals surface area contributed by atoms with Crippen LogP contribution in [-0.2, 0) is 27.4 Å². The Labute approximate surface area is 198 Å². The second kappa shape index (κ2) is 11.5. The van der Waals surface area contributed by atoms with E-state index in [9.17, 15) is 9.59 Å². The van der Waals surface area contributed by atoms with Crippen LogP contribution in [0.25, 0.3) is 11.3 Å². The zero-order chi connectivity index (χ0) is 23.8. The van der Waals surface area contributed by atoms with Crippen molar-refractivity contribution in [3.8, 4) is 11.3 Å². The van der Waals surface area contributed by atoms with Gasteiger partial charge in [-0.3, -0.25) is 10.2 Å². The number of benzene rings is 2. The fourth-order valence-corrected chi connectivity index (χ4v) is 4.13. The second-order valence-corrected chi connectivity index (χ2v) is 9.12. The Balaban J connectivity index is 1.59. The van der Waals surface area contributed by atoms with Gasteiger partial charge in [-0.1, -0.05) is 75.4 Å². The smallest absolute Gasteiger partial charge is 0.353 e. The van der Waals surface area contributed by atoms with E-state index in [1.54, 1.807) is 6.92 Å². The summed E-state index contributed by atoms with van der Waals surface area (Å²) < 4.78 is 5.21. The molecule has 1 heterocycles. The molecule has 0 aliphatic carbocycles. The number of thiazole rings is 1. The quantitative estimate of drug-likeness (QED) is 0.296. The summed E-state index contributed by atoms with van der Waals surface area (Å²) >= 11 is 1.31. The Bertz CT molecular complexity index is 1090. The lowest BCUT2D eigenvalue weighted by atomic mass is 9.99. The third kappa shape index (κ3) is 6.83. The Kier molecular flexibility index (Phi) is 8.49. The highest BCUT2D eigenvalue weighted by molar-refractivity contribution is 7.14. The van der Waals surface area contributed by atoms with Crippen LogP contribution in [0.1, 0.15) is 38.3 Å². The van der Waals surface area contributed by atoms with Crippen LogP contribution in [0.5, 0.6) is 0 Å². The molecule has 0 saturated carbocycles. The van der Waals surface area contributed by atoms with Crippen molar-refractivity contribution in [2.75, 3.05) is 5.32 Å². The molecule has 0 radical (unpaired) electrons. The molecule has 6 nitrogen and oxygen atoms in total. The van der Waals surface area contributed by atoms with Crippen molar-refractivity contribution in [3.05, 3.63) is 71.1 Å². The molecule has 172 valence electrons. The molecule has 1 amide bonds. The summed E-state index contributed by atoms with van der Waals surface area (Å²) in [7, 11) is 0. The maximum absolute atomic E-state index is 12.8. The minimum atomic E-state index is -0.907. The molecule has 0 fully saturated rings. The minimum absolute atomic E-state index is 0.0614. The molecule has 1 aromatic heterocycles. The summed E-state index contributed by atoms with van der Waals surface area (Å²) in [5.41, 5.74) is 3.49. The molecule has 2 aromatic carbocycles. The number of carbonyl (C=O) groups is 2. The molecule has 0 saturated heterocycles. The third-order valence-electron chi connectivity index (χ3n) is 5.13. The highest BCUT2D eigenvalue weighted by atomic mass is 32.1. The fraction of sp³-hybridized carbons (Fsp3) is 0.308. The summed E-state index contributed by atoms with van der Waals surface area (Å²) in [4.78, 5) is 29.6. The first-order chi connectivity index (χ1) is 15.9. The number of hydrogen-bond donors (Lipinski definition) is 2. The lowest BCUT2D eigenvalue weighted by Gasteiger charge is -2.14. The monoisotopic (exact) mass is 463 g/mol. The number of nitrogens with one attached hydrogen (secondary N) is 2. The van der Waals surface area contributed by atoms with Gasteiger partial charge in [0.2, 0.25) is 5.91 Å². The van der Waals surface area contributed by atoms with E-state index in [0.717, 1.165) is 23.2 Å². The number of esters is 1. The SMILES string of the molecule is CCC(C(=N)C(=O)OCc1ccccc1)C(=O)Nc1nc(-c2ccc(CC(C)C)cc2)cs1. The van der Waals surface area contributed by atoms with E-state index in [-0.39, 0.29) is 12.3 Å². The van der Waals surface area contributed by atoms with E-state index in [2.05, 4.69) is 36.3 Å². The summed E-state index contributed by atoms with van der Waals surface area (Å²) in [5, 5.41) is 13.2. The second-order valence-electron chi connectivity index (χ2n) is 8.26. The first-order valence-corrected chi connectivity index (χ1v) is 11.9. The number of aromatic nitrogens is 1. The van der Waals surface area contributed by atoms with Gasteiger partial charge in [-0.15, -0.1) is 11.3 Å². The van der Waals surface area contributed by atoms with Crippen molar-refractivity contribution in [1.82, 2.24) is 4.98 Å². The number of nitrogens with zero attached hydrogens (tertiary/aromatic N) is 1. The van der Waals surface area contributed by atoms with Gasteiger partial charge in [0.05, 0.1) is 11.6 Å². The van der Waals surface area contributed by atoms with Crippen LogP contribution in [0.4, 0.5) is 5.13 Å². The van der Waals surface area contributed by atoms with Crippen molar-refractivity contribution in [3.63, 3.8) is 0 Å². The molecule has 3 rings (SSSR count). The summed E-state index contributed by atoms with van der Waals surface area (Å²) in [6.07, 6.45) is 1.33. The molecule has 2 N–H and O–H groups in total. The van der Waals surface area contributed by atoms with Gasteiger partial charge in [-0.25, -0.2) is 9.78 Å². The van der Waals surface area contributed by atoms with Gasteiger partial charge < -0.3 is 10.1 Å². The Morgan fingerprint density at radius 3 is 2.39 bits per heavy atom. The van der Waals surface area contributed by atoms with Gasteiger partial charge in [0.1, 0.15) is 12.3 Å². The predicted octanol–water partition coefficient (Wildman–Crippen LogP) is 5.74. The lowest BCUT2D eigenvalue weighted by molar-refractivity contribution is -0.137. The van der Waals surface area contributed by atoms with Gasteiger partial charge in [-0.05, 0) is 29.9 Å². The van der Waals surface area contributed by atoms with E-state index < -0.39 is 17.8 Å². The molecular weight excluding hydrogens is 434 g/mol. The van der Waals surface area contributed by atoms with Crippen LogP contribution in [0.15, 0.2) is 60.0 Å². The van der Waals surface area contributed by atoms with E-state index in [1.165, 1.54) is 16.9 Å². The summed E-state index contributed by atoms with van der Waals surface area (Å²) in [5.74, 6) is -1.54. The lowest BCUT2D eigenvalue weighted by Crippen LogP contribution is -2.34. The Hall–Kier alpha value is -3.32. The number of rotatable bonds is 10.